The third-order valence-electron chi connectivity index (χ3n) is 7.58. The number of carbonyl (C=O) groups excluding carboxylic acids is 3. The summed E-state index contributed by atoms with van der Waals surface area (Å²) in [6.45, 7) is 3.78. The lowest BCUT2D eigenvalue weighted by Crippen LogP contribution is -2.49. The lowest BCUT2D eigenvalue weighted by Gasteiger charge is -2.37. The van der Waals surface area contributed by atoms with Gasteiger partial charge in [0.25, 0.3) is 17.7 Å². The molecule has 1 aromatic heterocycles. The van der Waals surface area contributed by atoms with E-state index in [0.717, 1.165) is 5.56 Å². The molecule has 45 heavy (non-hydrogen) atoms. The molecular formula is C34H31N5O5S. The van der Waals surface area contributed by atoms with E-state index >= 15 is 0 Å². The summed E-state index contributed by atoms with van der Waals surface area (Å²) in [6, 6.07) is 23.6. The zero-order chi connectivity index (χ0) is 31.9. The number of nitriles is 1. The number of hydrogen-bond acceptors (Lipinski definition) is 7. The number of rotatable bonds is 9. The molecule has 0 radical (unpaired) electrons. The van der Waals surface area contributed by atoms with Crippen LogP contribution in [0.3, 0.4) is 0 Å². The zero-order valence-corrected chi connectivity index (χ0v) is 25.3. The van der Waals surface area contributed by atoms with Crippen molar-refractivity contribution in [2.75, 3.05) is 36.4 Å². The van der Waals surface area contributed by atoms with Gasteiger partial charge in [0, 0.05) is 37.3 Å². The first-order valence-electron chi connectivity index (χ1n) is 14.3. The van der Waals surface area contributed by atoms with E-state index in [1.54, 1.807) is 77.0 Å². The van der Waals surface area contributed by atoms with E-state index in [-0.39, 0.29) is 23.8 Å². The highest BCUT2D eigenvalue weighted by atomic mass is 32.1. The Morgan fingerprint density at radius 2 is 1.60 bits per heavy atom. The molecule has 11 heteroatoms. The second-order valence-electron chi connectivity index (χ2n) is 10.7. The molecule has 0 bridgehead atoms. The summed E-state index contributed by atoms with van der Waals surface area (Å²) in [5.41, 5.74) is 4.07. The fourth-order valence-electron chi connectivity index (χ4n) is 5.13. The second-order valence-corrected chi connectivity index (χ2v) is 11.6. The third kappa shape index (κ3) is 7.55. The number of nitrogens with one attached hydrogen (secondary N) is 2. The molecule has 3 amide bonds. The van der Waals surface area contributed by atoms with Gasteiger partial charge >= 0.3 is 5.97 Å². The molecule has 3 aromatic carbocycles. The maximum absolute atomic E-state index is 13.4. The van der Waals surface area contributed by atoms with Crippen LogP contribution in [0.15, 0.2) is 84.2 Å². The largest absolute Gasteiger partial charge is 0.481 e. The number of hydrogen-bond donors (Lipinski definition) is 3. The Kier molecular flexibility index (Phi) is 9.55. The Morgan fingerprint density at radius 3 is 2.22 bits per heavy atom. The molecule has 2 heterocycles. The summed E-state index contributed by atoms with van der Waals surface area (Å²) in [5, 5.41) is 26.1. The van der Waals surface area contributed by atoms with Gasteiger partial charge in [0.05, 0.1) is 40.3 Å². The Labute approximate surface area is 264 Å². The summed E-state index contributed by atoms with van der Waals surface area (Å²) in [4.78, 5) is 55.5. The fraction of sp³-hybridized carbons (Fsp3) is 0.206. The van der Waals surface area contributed by atoms with Gasteiger partial charge in [0.2, 0.25) is 0 Å². The van der Waals surface area contributed by atoms with E-state index in [2.05, 4.69) is 16.7 Å². The van der Waals surface area contributed by atoms with E-state index in [0.29, 0.717) is 59.1 Å². The maximum atomic E-state index is 13.4. The van der Waals surface area contributed by atoms with Crippen molar-refractivity contribution in [3.63, 3.8) is 0 Å². The Hall–Kier alpha value is -5.47. The molecule has 1 aliphatic rings. The van der Waals surface area contributed by atoms with Gasteiger partial charge in [0.1, 0.15) is 0 Å². The molecule has 1 unspecified atom stereocenters. The predicted molar refractivity (Wildman–Crippen MR) is 172 cm³/mol. The van der Waals surface area contributed by atoms with Crippen molar-refractivity contribution in [1.29, 1.82) is 5.26 Å². The van der Waals surface area contributed by atoms with Crippen molar-refractivity contribution < 1.29 is 24.3 Å². The number of aliphatic carboxylic acids is 1. The number of benzene rings is 3. The number of thiophene rings is 1. The Bertz CT molecular complexity index is 1740. The Morgan fingerprint density at radius 1 is 0.911 bits per heavy atom. The van der Waals surface area contributed by atoms with Crippen molar-refractivity contribution >= 4 is 46.4 Å². The van der Waals surface area contributed by atoms with Gasteiger partial charge in [-0.2, -0.15) is 5.26 Å². The highest BCUT2D eigenvalue weighted by molar-refractivity contribution is 7.12. The van der Waals surface area contributed by atoms with Gasteiger partial charge in [-0.15, -0.1) is 11.3 Å². The monoisotopic (exact) mass is 621 g/mol. The molecule has 1 saturated heterocycles. The van der Waals surface area contributed by atoms with Crippen LogP contribution in [0.5, 0.6) is 0 Å². The van der Waals surface area contributed by atoms with Crippen LogP contribution in [0.2, 0.25) is 0 Å². The molecule has 228 valence electrons. The van der Waals surface area contributed by atoms with Crippen LogP contribution in [0, 0.1) is 18.3 Å². The van der Waals surface area contributed by atoms with E-state index in [9.17, 15) is 24.3 Å². The lowest BCUT2D eigenvalue weighted by molar-refractivity contribution is -0.137. The first kappa shape index (κ1) is 31.0. The quantitative estimate of drug-likeness (QED) is 0.236. The van der Waals surface area contributed by atoms with Gasteiger partial charge in [-0.3, -0.25) is 19.2 Å². The molecule has 1 fully saturated rings. The molecule has 10 nitrogen and oxygen atoms in total. The number of carboxylic acids is 1. The van der Waals surface area contributed by atoms with Crippen LogP contribution >= 0.6 is 11.3 Å². The van der Waals surface area contributed by atoms with E-state index in [1.807, 2.05) is 24.0 Å². The molecule has 4 aromatic rings. The standard InChI is InChI=1S/C34H31N5O5S/c1-22-4-8-24(9-5-22)27(20-31(40)41)36-32(42)26-12-13-29(28(19-26)37-33(43)30-3-2-18-45-30)38-14-16-39(17-15-38)34(44)25-10-6-23(21-35)7-11-25/h2-13,18-19,27H,14-17,20H2,1H3,(H,36,42)(H,37,43)(H,40,41). The minimum Gasteiger partial charge on any atom is -0.481 e. The first-order valence-corrected chi connectivity index (χ1v) is 15.2. The number of nitrogens with zero attached hydrogens (tertiary/aromatic N) is 3. The average molecular weight is 622 g/mol. The van der Waals surface area contributed by atoms with E-state index in [1.165, 1.54) is 11.3 Å². The van der Waals surface area contributed by atoms with E-state index in [4.69, 9.17) is 5.26 Å². The van der Waals surface area contributed by atoms with E-state index < -0.39 is 17.9 Å². The Balaban J connectivity index is 1.36. The first-order chi connectivity index (χ1) is 21.7. The van der Waals surface area contributed by atoms with Crippen molar-refractivity contribution in [1.82, 2.24) is 10.2 Å². The molecule has 1 atom stereocenters. The van der Waals surface area contributed by atoms with Crippen LogP contribution in [0.1, 0.15) is 59.5 Å². The van der Waals surface area contributed by atoms with Crippen LogP contribution in [0.25, 0.3) is 0 Å². The van der Waals surface area contributed by atoms with Gasteiger partial charge in [0.15, 0.2) is 0 Å². The minimum atomic E-state index is -1.04. The van der Waals surface area contributed by atoms with Crippen molar-refractivity contribution in [3.05, 3.63) is 117 Å². The molecule has 5 rings (SSSR count). The lowest BCUT2D eigenvalue weighted by atomic mass is 10.0. The van der Waals surface area contributed by atoms with Crippen LogP contribution < -0.4 is 15.5 Å². The highest BCUT2D eigenvalue weighted by Crippen LogP contribution is 2.30. The number of amides is 3. The maximum Gasteiger partial charge on any atom is 0.305 e. The molecule has 0 saturated carbocycles. The molecule has 3 N–H and O–H groups in total. The number of piperazine rings is 1. The predicted octanol–water partition coefficient (Wildman–Crippen LogP) is 5.09. The third-order valence-corrected chi connectivity index (χ3v) is 8.45. The zero-order valence-electron chi connectivity index (χ0n) is 24.5. The summed E-state index contributed by atoms with van der Waals surface area (Å²) in [7, 11) is 0. The second kappa shape index (κ2) is 13.9. The minimum absolute atomic E-state index is 0.123. The fourth-order valence-corrected chi connectivity index (χ4v) is 5.75. The van der Waals surface area contributed by atoms with Gasteiger partial charge in [-0.1, -0.05) is 35.9 Å². The number of aryl methyl sites for hydroxylation is 1. The summed E-state index contributed by atoms with van der Waals surface area (Å²) in [5.74, 6) is -1.96. The highest BCUT2D eigenvalue weighted by Gasteiger charge is 2.26. The normalized spacial score (nSPS) is 13.4. The van der Waals surface area contributed by atoms with Crippen LogP contribution in [0.4, 0.5) is 11.4 Å². The van der Waals surface area contributed by atoms with Crippen molar-refractivity contribution in [2.45, 2.75) is 19.4 Å². The van der Waals surface area contributed by atoms with Crippen molar-refractivity contribution in [3.8, 4) is 6.07 Å². The topological polar surface area (TPSA) is 143 Å². The molecular weight excluding hydrogens is 590 g/mol. The summed E-state index contributed by atoms with van der Waals surface area (Å²) >= 11 is 1.30. The number of anilines is 2. The summed E-state index contributed by atoms with van der Waals surface area (Å²) in [6.07, 6.45) is -0.291. The molecule has 0 aliphatic carbocycles. The van der Waals surface area contributed by atoms with Crippen molar-refractivity contribution in [2.24, 2.45) is 0 Å². The number of carbonyl (C=O) groups is 4. The summed E-state index contributed by atoms with van der Waals surface area (Å²) < 4.78 is 0. The van der Waals surface area contributed by atoms with Crippen LogP contribution in [-0.4, -0.2) is 59.9 Å². The van der Waals surface area contributed by atoms with Gasteiger partial charge in [-0.25, -0.2) is 0 Å². The molecule has 1 aliphatic heterocycles. The SMILES string of the molecule is Cc1ccc(C(CC(=O)O)NC(=O)c2ccc(N3CCN(C(=O)c4ccc(C#N)cc4)CC3)c(NC(=O)c3cccs3)c2)cc1. The van der Waals surface area contributed by atoms with Gasteiger partial charge < -0.3 is 25.5 Å². The average Bonchev–Trinajstić information content (AvgIpc) is 3.60. The number of carboxylic acid groups (broad SMARTS) is 1. The van der Waals surface area contributed by atoms with Crippen LogP contribution in [-0.2, 0) is 4.79 Å². The van der Waals surface area contributed by atoms with Gasteiger partial charge in [-0.05, 0) is 66.4 Å². The smallest absolute Gasteiger partial charge is 0.305 e. The molecule has 0 spiro atoms.